The Morgan fingerprint density at radius 2 is 1.52 bits per heavy atom. The molecule has 21 heavy (non-hydrogen) atoms. The van der Waals surface area contributed by atoms with Gasteiger partial charge in [-0.2, -0.15) is 0 Å². The molecule has 0 aliphatic rings. The molecule has 106 valence electrons. The first kappa shape index (κ1) is 13.6. The summed E-state index contributed by atoms with van der Waals surface area (Å²) in [4.78, 5) is 11.6. The summed E-state index contributed by atoms with van der Waals surface area (Å²) in [6.45, 7) is 2.09. The lowest BCUT2D eigenvalue weighted by molar-refractivity contribution is -0.140. The highest BCUT2D eigenvalue weighted by molar-refractivity contribution is 6.02. The van der Waals surface area contributed by atoms with Gasteiger partial charge in [-0.1, -0.05) is 55.5 Å². The van der Waals surface area contributed by atoms with Crippen molar-refractivity contribution >= 4 is 27.5 Å². The van der Waals surface area contributed by atoms with Gasteiger partial charge >= 0.3 is 5.97 Å². The second-order valence-electron chi connectivity index (χ2n) is 5.41. The number of fused-ring (bicyclic) bond motifs is 2. The maximum atomic E-state index is 11.6. The first-order valence-corrected chi connectivity index (χ1v) is 7.18. The molecule has 2 heteroatoms. The van der Waals surface area contributed by atoms with Gasteiger partial charge in [0.2, 0.25) is 0 Å². The van der Waals surface area contributed by atoms with Crippen LogP contribution in [0.2, 0.25) is 0 Å². The van der Waals surface area contributed by atoms with Gasteiger partial charge in [-0.05, 0) is 39.1 Å². The molecule has 0 amide bonds. The molecule has 1 unspecified atom stereocenters. The van der Waals surface area contributed by atoms with Crippen molar-refractivity contribution in [3.63, 3.8) is 0 Å². The van der Waals surface area contributed by atoms with Gasteiger partial charge < -0.3 is 4.74 Å². The zero-order chi connectivity index (χ0) is 14.8. The van der Waals surface area contributed by atoms with Crippen LogP contribution >= 0.6 is 0 Å². The predicted octanol–water partition coefficient (Wildman–Crippen LogP) is 4.66. The summed E-state index contributed by atoms with van der Waals surface area (Å²) in [5.74, 6) is -0.0482. The van der Waals surface area contributed by atoms with Crippen LogP contribution in [0.15, 0.2) is 54.6 Å². The maximum Gasteiger partial charge on any atom is 0.306 e. The minimum Gasteiger partial charge on any atom is -0.469 e. The summed E-state index contributed by atoms with van der Waals surface area (Å²) >= 11 is 0. The van der Waals surface area contributed by atoms with E-state index in [0.717, 1.165) is 0 Å². The van der Waals surface area contributed by atoms with Crippen molar-refractivity contribution in [1.82, 2.24) is 0 Å². The molecule has 0 N–H and O–H groups in total. The van der Waals surface area contributed by atoms with Crippen LogP contribution in [0.1, 0.15) is 24.8 Å². The zero-order valence-corrected chi connectivity index (χ0v) is 12.3. The maximum absolute atomic E-state index is 11.6. The third kappa shape index (κ3) is 2.49. The first-order valence-electron chi connectivity index (χ1n) is 7.18. The van der Waals surface area contributed by atoms with Gasteiger partial charge in [-0.25, -0.2) is 0 Å². The number of hydrogen-bond acceptors (Lipinski definition) is 2. The van der Waals surface area contributed by atoms with E-state index in [-0.39, 0.29) is 11.9 Å². The van der Waals surface area contributed by atoms with E-state index >= 15 is 0 Å². The average molecular weight is 278 g/mol. The Balaban J connectivity index is 2.27. The summed E-state index contributed by atoms with van der Waals surface area (Å²) in [7, 11) is 1.44. The molecule has 3 aromatic carbocycles. The van der Waals surface area contributed by atoms with Gasteiger partial charge in [0, 0.05) is 0 Å². The standard InChI is InChI=1S/C19H18O2/c1-13(11-18(20)21-2)19-16-9-5-3-7-14(16)12-15-8-4-6-10-17(15)19/h3-10,12-13H,11H2,1-2H3. The first-order chi connectivity index (χ1) is 10.2. The van der Waals surface area contributed by atoms with Crippen LogP contribution < -0.4 is 0 Å². The lowest BCUT2D eigenvalue weighted by atomic mass is 9.87. The topological polar surface area (TPSA) is 26.3 Å². The van der Waals surface area contributed by atoms with Crippen LogP contribution in [0, 0.1) is 0 Å². The SMILES string of the molecule is COC(=O)CC(C)c1c2ccccc2cc2ccccc12. The highest BCUT2D eigenvalue weighted by Gasteiger charge is 2.17. The van der Waals surface area contributed by atoms with Gasteiger partial charge in [0.15, 0.2) is 0 Å². The number of carbonyl (C=O) groups excluding carboxylic acids is 1. The number of hydrogen-bond donors (Lipinski definition) is 0. The number of ether oxygens (including phenoxy) is 1. The Morgan fingerprint density at radius 1 is 1.00 bits per heavy atom. The van der Waals surface area contributed by atoms with Crippen LogP contribution in [0.25, 0.3) is 21.5 Å². The normalized spacial score (nSPS) is 12.5. The number of rotatable bonds is 3. The molecule has 0 saturated heterocycles. The van der Waals surface area contributed by atoms with E-state index in [0.29, 0.717) is 6.42 Å². The fraction of sp³-hybridized carbons (Fsp3) is 0.211. The van der Waals surface area contributed by atoms with Crippen molar-refractivity contribution in [1.29, 1.82) is 0 Å². The van der Waals surface area contributed by atoms with Gasteiger partial charge in [-0.3, -0.25) is 4.79 Å². The highest BCUT2D eigenvalue weighted by atomic mass is 16.5. The Labute approximate surface area is 124 Å². The van der Waals surface area contributed by atoms with E-state index in [1.165, 1.54) is 34.2 Å². The second-order valence-corrected chi connectivity index (χ2v) is 5.41. The number of esters is 1. The Morgan fingerprint density at radius 3 is 2.05 bits per heavy atom. The molecule has 1 atom stereocenters. The molecule has 0 fully saturated rings. The lowest BCUT2D eigenvalue weighted by Crippen LogP contribution is -2.07. The van der Waals surface area contributed by atoms with Crippen molar-refractivity contribution in [3.8, 4) is 0 Å². The predicted molar refractivity (Wildman–Crippen MR) is 86.5 cm³/mol. The van der Waals surface area contributed by atoms with Gasteiger partial charge in [0.05, 0.1) is 13.5 Å². The molecular weight excluding hydrogens is 260 g/mol. The van der Waals surface area contributed by atoms with E-state index in [4.69, 9.17) is 4.74 Å². The Hall–Kier alpha value is -2.35. The monoisotopic (exact) mass is 278 g/mol. The lowest BCUT2D eigenvalue weighted by Gasteiger charge is -2.17. The zero-order valence-electron chi connectivity index (χ0n) is 12.3. The molecule has 0 heterocycles. The average Bonchev–Trinajstić information content (AvgIpc) is 2.52. The summed E-state index contributed by atoms with van der Waals surface area (Å²) < 4.78 is 4.83. The van der Waals surface area contributed by atoms with E-state index in [2.05, 4.69) is 37.3 Å². The second kappa shape index (κ2) is 5.57. The van der Waals surface area contributed by atoms with E-state index in [9.17, 15) is 4.79 Å². The van der Waals surface area contributed by atoms with Crippen molar-refractivity contribution in [2.45, 2.75) is 19.3 Å². The Bertz CT molecular complexity index is 751. The summed E-state index contributed by atoms with van der Waals surface area (Å²) in [6.07, 6.45) is 0.397. The molecule has 0 aliphatic heterocycles. The van der Waals surface area contributed by atoms with Crippen LogP contribution in [0.5, 0.6) is 0 Å². The molecule has 0 bridgehead atoms. The van der Waals surface area contributed by atoms with Crippen LogP contribution in [-0.4, -0.2) is 13.1 Å². The molecule has 0 aliphatic carbocycles. The summed E-state index contributed by atoms with van der Waals surface area (Å²) in [5.41, 5.74) is 1.23. The van der Waals surface area contributed by atoms with Crippen LogP contribution in [-0.2, 0) is 9.53 Å². The minimum atomic E-state index is -0.167. The van der Waals surface area contributed by atoms with Crippen molar-refractivity contribution in [2.24, 2.45) is 0 Å². The van der Waals surface area contributed by atoms with E-state index < -0.39 is 0 Å². The van der Waals surface area contributed by atoms with Crippen molar-refractivity contribution in [2.75, 3.05) is 7.11 Å². The number of methoxy groups -OCH3 is 1. The molecule has 2 nitrogen and oxygen atoms in total. The molecule has 3 rings (SSSR count). The number of carbonyl (C=O) groups is 1. The fourth-order valence-electron chi connectivity index (χ4n) is 3.02. The molecule has 0 aromatic heterocycles. The third-order valence-corrected chi connectivity index (χ3v) is 4.01. The van der Waals surface area contributed by atoms with Crippen LogP contribution in [0.3, 0.4) is 0 Å². The quantitative estimate of drug-likeness (QED) is 0.514. The molecule has 0 radical (unpaired) electrons. The highest BCUT2D eigenvalue weighted by Crippen LogP contribution is 2.35. The molecule has 3 aromatic rings. The van der Waals surface area contributed by atoms with Crippen molar-refractivity contribution in [3.05, 3.63) is 60.2 Å². The van der Waals surface area contributed by atoms with Gasteiger partial charge in [0.25, 0.3) is 0 Å². The van der Waals surface area contributed by atoms with Gasteiger partial charge in [-0.15, -0.1) is 0 Å². The molecular formula is C19H18O2. The minimum absolute atomic E-state index is 0.119. The molecule has 0 spiro atoms. The smallest absolute Gasteiger partial charge is 0.306 e. The largest absolute Gasteiger partial charge is 0.469 e. The third-order valence-electron chi connectivity index (χ3n) is 4.01. The summed E-state index contributed by atoms with van der Waals surface area (Å²) in [5, 5.41) is 4.85. The fourth-order valence-corrected chi connectivity index (χ4v) is 3.02. The van der Waals surface area contributed by atoms with E-state index in [1.807, 2.05) is 24.3 Å². The van der Waals surface area contributed by atoms with Gasteiger partial charge in [0.1, 0.15) is 0 Å². The van der Waals surface area contributed by atoms with Crippen molar-refractivity contribution < 1.29 is 9.53 Å². The Kier molecular flexibility index (Phi) is 3.61. The summed E-state index contributed by atoms with van der Waals surface area (Å²) in [6, 6.07) is 18.9. The van der Waals surface area contributed by atoms with Crippen LogP contribution in [0.4, 0.5) is 0 Å². The number of benzene rings is 3. The van der Waals surface area contributed by atoms with E-state index in [1.54, 1.807) is 0 Å². The molecule has 0 saturated carbocycles.